The average molecular weight is 229 g/mol. The van der Waals surface area contributed by atoms with Crippen LogP contribution in [0.25, 0.3) is 0 Å². The van der Waals surface area contributed by atoms with Gasteiger partial charge in [0, 0.05) is 12.1 Å². The molecule has 1 unspecified atom stereocenters. The fourth-order valence-electron chi connectivity index (χ4n) is 2.85. The molecule has 0 aromatic heterocycles. The first-order chi connectivity index (χ1) is 6.91. The summed E-state index contributed by atoms with van der Waals surface area (Å²) < 4.78 is 0. The van der Waals surface area contributed by atoms with Crippen LogP contribution < -0.4 is 5.32 Å². The Morgan fingerprint density at radius 3 is 2.13 bits per heavy atom. The van der Waals surface area contributed by atoms with Gasteiger partial charge in [0.15, 0.2) is 0 Å². The quantitative estimate of drug-likeness (QED) is 0.726. The number of hydrogen-bond donors (Lipinski definition) is 1. The van der Waals surface area contributed by atoms with Crippen LogP contribution in [-0.4, -0.2) is 17.2 Å². The Hall–Kier alpha value is 0.390. The molecule has 1 N–H and O–H groups in total. The first-order valence-corrected chi connectivity index (χ1v) is 7.04. The van der Waals surface area contributed by atoms with Crippen molar-refractivity contribution in [1.82, 2.24) is 5.32 Å². The Morgan fingerprint density at radius 1 is 1.20 bits per heavy atom. The van der Waals surface area contributed by atoms with E-state index in [1.54, 1.807) is 0 Å². The molecule has 1 aliphatic carbocycles. The molecular weight excluding hydrogens is 201 g/mol. The van der Waals surface area contributed by atoms with Crippen molar-refractivity contribution in [2.45, 2.75) is 77.0 Å². The normalized spacial score (nSPS) is 32.6. The first kappa shape index (κ1) is 13.5. The average Bonchev–Trinajstić information content (AvgIpc) is 2.07. The standard InChI is InChI=1S/C13H28NP/c1-10(2)9-13(15)7-5-12(6-8-13)14-11(3)4/h10-12,14H,5-9,15H2,1-4H3. The second kappa shape index (κ2) is 5.64. The topological polar surface area (TPSA) is 12.0 Å². The Balaban J connectivity index is 2.34. The maximum atomic E-state index is 3.66. The predicted octanol–water partition coefficient (Wildman–Crippen LogP) is 3.59. The van der Waals surface area contributed by atoms with Crippen molar-refractivity contribution in [3.63, 3.8) is 0 Å². The lowest BCUT2D eigenvalue weighted by Crippen LogP contribution is -2.41. The van der Waals surface area contributed by atoms with Crippen LogP contribution in [-0.2, 0) is 0 Å². The van der Waals surface area contributed by atoms with Gasteiger partial charge in [0.1, 0.15) is 0 Å². The second-order valence-corrected chi connectivity index (χ2v) is 7.28. The summed E-state index contributed by atoms with van der Waals surface area (Å²) in [5.74, 6) is 0.831. The highest BCUT2D eigenvalue weighted by atomic mass is 31.0. The van der Waals surface area contributed by atoms with E-state index in [2.05, 4.69) is 42.3 Å². The zero-order valence-electron chi connectivity index (χ0n) is 10.8. The molecule has 0 aromatic rings. The summed E-state index contributed by atoms with van der Waals surface area (Å²) in [5, 5.41) is 4.21. The van der Waals surface area contributed by atoms with E-state index >= 15 is 0 Å². The Labute approximate surface area is 98.0 Å². The van der Waals surface area contributed by atoms with E-state index in [4.69, 9.17) is 0 Å². The lowest BCUT2D eigenvalue weighted by molar-refractivity contribution is 0.278. The van der Waals surface area contributed by atoms with Crippen molar-refractivity contribution in [1.29, 1.82) is 0 Å². The maximum absolute atomic E-state index is 3.66. The van der Waals surface area contributed by atoms with Gasteiger partial charge in [-0.2, -0.15) is 0 Å². The van der Waals surface area contributed by atoms with Crippen LogP contribution in [0.15, 0.2) is 0 Å². The van der Waals surface area contributed by atoms with Crippen molar-refractivity contribution in [2.75, 3.05) is 0 Å². The minimum Gasteiger partial charge on any atom is -0.312 e. The molecule has 1 atom stereocenters. The summed E-state index contributed by atoms with van der Waals surface area (Å²) >= 11 is 0. The van der Waals surface area contributed by atoms with Crippen molar-refractivity contribution in [3.8, 4) is 0 Å². The SMILES string of the molecule is CC(C)CC1(P)CCC(NC(C)C)CC1. The second-order valence-electron chi connectivity index (χ2n) is 6.06. The number of hydrogen-bond acceptors (Lipinski definition) is 1. The molecular formula is C13H28NP. The summed E-state index contributed by atoms with van der Waals surface area (Å²) in [5.41, 5.74) is 0. The van der Waals surface area contributed by atoms with E-state index in [9.17, 15) is 0 Å². The third-order valence-electron chi connectivity index (χ3n) is 3.37. The molecule has 0 radical (unpaired) electrons. The molecule has 0 amide bonds. The van der Waals surface area contributed by atoms with Crippen LogP contribution in [0, 0.1) is 5.92 Å². The summed E-state index contributed by atoms with van der Waals surface area (Å²) in [4.78, 5) is 0. The molecule has 15 heavy (non-hydrogen) atoms. The van der Waals surface area contributed by atoms with E-state index in [0.29, 0.717) is 11.2 Å². The Morgan fingerprint density at radius 2 is 1.73 bits per heavy atom. The fourth-order valence-corrected chi connectivity index (χ4v) is 3.65. The van der Waals surface area contributed by atoms with Crippen LogP contribution in [0.4, 0.5) is 0 Å². The van der Waals surface area contributed by atoms with Gasteiger partial charge in [0.05, 0.1) is 0 Å². The van der Waals surface area contributed by atoms with E-state index < -0.39 is 0 Å². The highest BCUT2D eigenvalue weighted by molar-refractivity contribution is 7.19. The molecule has 1 fully saturated rings. The van der Waals surface area contributed by atoms with Crippen molar-refractivity contribution < 1.29 is 0 Å². The molecule has 1 aliphatic rings. The van der Waals surface area contributed by atoms with Crippen LogP contribution in [0.3, 0.4) is 0 Å². The summed E-state index contributed by atoms with van der Waals surface area (Å²) in [6.07, 6.45) is 6.83. The van der Waals surface area contributed by atoms with E-state index in [-0.39, 0.29) is 0 Å². The minimum absolute atomic E-state index is 0.545. The Bertz CT molecular complexity index is 181. The van der Waals surface area contributed by atoms with Gasteiger partial charge in [-0.15, -0.1) is 9.24 Å². The fraction of sp³-hybridized carbons (Fsp3) is 1.00. The van der Waals surface area contributed by atoms with E-state index in [1.165, 1.54) is 32.1 Å². The molecule has 0 spiro atoms. The molecule has 0 aromatic carbocycles. The minimum atomic E-state index is 0.545. The van der Waals surface area contributed by atoms with Crippen LogP contribution >= 0.6 is 9.24 Å². The highest BCUT2D eigenvalue weighted by Gasteiger charge is 2.31. The van der Waals surface area contributed by atoms with Gasteiger partial charge >= 0.3 is 0 Å². The number of nitrogens with one attached hydrogen (secondary N) is 1. The van der Waals surface area contributed by atoms with Crippen molar-refractivity contribution in [2.24, 2.45) is 5.92 Å². The zero-order chi connectivity index (χ0) is 11.5. The van der Waals surface area contributed by atoms with Crippen molar-refractivity contribution >= 4 is 9.24 Å². The maximum Gasteiger partial charge on any atom is 0.00700 e. The molecule has 0 bridgehead atoms. The molecule has 1 rings (SSSR count). The molecule has 0 heterocycles. The predicted molar refractivity (Wildman–Crippen MR) is 72.4 cm³/mol. The third-order valence-corrected chi connectivity index (χ3v) is 4.18. The van der Waals surface area contributed by atoms with E-state index in [0.717, 1.165) is 12.0 Å². The summed E-state index contributed by atoms with van der Waals surface area (Å²) in [6.45, 7) is 9.17. The van der Waals surface area contributed by atoms with Gasteiger partial charge < -0.3 is 5.32 Å². The van der Waals surface area contributed by atoms with Crippen molar-refractivity contribution in [3.05, 3.63) is 0 Å². The van der Waals surface area contributed by atoms with Gasteiger partial charge in [-0.3, -0.25) is 0 Å². The van der Waals surface area contributed by atoms with E-state index in [1.807, 2.05) is 0 Å². The van der Waals surface area contributed by atoms with Crippen LogP contribution in [0.2, 0.25) is 0 Å². The number of rotatable bonds is 4. The lowest BCUT2D eigenvalue weighted by atomic mass is 9.80. The highest BCUT2D eigenvalue weighted by Crippen LogP contribution is 2.40. The first-order valence-electron chi connectivity index (χ1n) is 6.46. The van der Waals surface area contributed by atoms with Gasteiger partial charge in [0.25, 0.3) is 0 Å². The summed E-state index contributed by atoms with van der Waals surface area (Å²) in [6, 6.07) is 1.41. The third kappa shape index (κ3) is 4.83. The van der Waals surface area contributed by atoms with Gasteiger partial charge in [-0.05, 0) is 43.2 Å². The van der Waals surface area contributed by atoms with Gasteiger partial charge in [0.2, 0.25) is 0 Å². The smallest absolute Gasteiger partial charge is 0.00700 e. The molecule has 1 saturated carbocycles. The van der Waals surface area contributed by atoms with Gasteiger partial charge in [-0.1, -0.05) is 27.7 Å². The largest absolute Gasteiger partial charge is 0.312 e. The Kier molecular flexibility index (Phi) is 5.06. The molecule has 2 heteroatoms. The molecule has 90 valence electrons. The molecule has 1 nitrogen and oxygen atoms in total. The monoisotopic (exact) mass is 229 g/mol. The molecule has 0 aliphatic heterocycles. The summed E-state index contributed by atoms with van der Waals surface area (Å²) in [7, 11) is 3.14. The molecule has 0 saturated heterocycles. The van der Waals surface area contributed by atoms with Crippen LogP contribution in [0.1, 0.15) is 59.8 Å². The van der Waals surface area contributed by atoms with Gasteiger partial charge in [-0.25, -0.2) is 0 Å². The lowest BCUT2D eigenvalue weighted by Gasteiger charge is -2.39. The zero-order valence-corrected chi connectivity index (χ0v) is 12.0. The van der Waals surface area contributed by atoms with Crippen LogP contribution in [0.5, 0.6) is 0 Å².